The number of sulfonamides is 1. The molecule has 0 aliphatic rings. The van der Waals surface area contributed by atoms with Crippen LogP contribution in [0.15, 0.2) is 82.6 Å². The van der Waals surface area contributed by atoms with Gasteiger partial charge in [0.15, 0.2) is 18.1 Å². The Kier molecular flexibility index (Phi) is 6.05. The minimum absolute atomic E-state index is 0.00802. The van der Waals surface area contributed by atoms with Gasteiger partial charge in [0, 0.05) is 11.9 Å². The van der Waals surface area contributed by atoms with Crippen molar-refractivity contribution >= 4 is 44.5 Å². The van der Waals surface area contributed by atoms with Crippen molar-refractivity contribution in [1.82, 2.24) is 9.97 Å². The lowest BCUT2D eigenvalue weighted by Crippen LogP contribution is -2.30. The van der Waals surface area contributed by atoms with Crippen LogP contribution in [0.5, 0.6) is 0 Å². The Morgan fingerprint density at radius 2 is 1.79 bits per heavy atom. The number of anilines is 2. The molecule has 2 N–H and O–H groups in total. The quantitative estimate of drug-likeness (QED) is 0.396. The molecule has 0 aliphatic carbocycles. The van der Waals surface area contributed by atoms with Gasteiger partial charge in [-0.1, -0.05) is 12.1 Å². The molecule has 2 aromatic heterocycles. The topological polar surface area (TPSA) is 140 Å². The van der Waals surface area contributed by atoms with Gasteiger partial charge in [-0.05, 0) is 55.5 Å². The molecule has 0 bridgehead atoms. The number of hydrogen-bond donors (Lipinski definition) is 2. The van der Waals surface area contributed by atoms with E-state index in [0.29, 0.717) is 16.8 Å². The molecule has 2 heterocycles. The summed E-state index contributed by atoms with van der Waals surface area (Å²) in [4.78, 5) is 32.8. The van der Waals surface area contributed by atoms with Crippen LogP contribution in [-0.2, 0) is 19.6 Å². The zero-order chi connectivity index (χ0) is 23.4. The lowest BCUT2D eigenvalue weighted by Gasteiger charge is -2.14. The standard InChI is InChI=1S/C22H18N4O6S/c1-14(32-22(28)17-5-4-6-18-20(17)24-13-31-18)21(27)25-15-8-10-16(11-9-15)33(29,30)26-19-7-2-3-12-23-19/h2-14H,1H3,(H,23,26)(H,25,27). The van der Waals surface area contributed by atoms with Crippen molar-refractivity contribution in [2.75, 3.05) is 10.0 Å². The minimum Gasteiger partial charge on any atom is -0.449 e. The number of para-hydroxylation sites is 1. The number of ether oxygens (including phenoxy) is 1. The minimum atomic E-state index is -3.84. The zero-order valence-electron chi connectivity index (χ0n) is 17.3. The molecule has 4 rings (SSSR count). The molecule has 2 aromatic carbocycles. The summed E-state index contributed by atoms with van der Waals surface area (Å²) in [5, 5.41) is 2.58. The largest absolute Gasteiger partial charge is 0.449 e. The molecular formula is C22H18N4O6S. The van der Waals surface area contributed by atoms with Gasteiger partial charge < -0.3 is 14.5 Å². The monoisotopic (exact) mass is 466 g/mol. The normalized spacial score (nSPS) is 12.2. The van der Waals surface area contributed by atoms with Gasteiger partial charge in [0.25, 0.3) is 15.9 Å². The van der Waals surface area contributed by atoms with Crippen molar-refractivity contribution in [3.8, 4) is 0 Å². The molecule has 0 spiro atoms. The molecule has 33 heavy (non-hydrogen) atoms. The Morgan fingerprint density at radius 3 is 2.52 bits per heavy atom. The van der Waals surface area contributed by atoms with Crippen LogP contribution in [0.2, 0.25) is 0 Å². The summed E-state index contributed by atoms with van der Waals surface area (Å²) in [6.07, 6.45) is 1.57. The van der Waals surface area contributed by atoms with Crippen LogP contribution >= 0.6 is 0 Å². The first-order valence-electron chi connectivity index (χ1n) is 9.71. The summed E-state index contributed by atoms with van der Waals surface area (Å²) in [5.74, 6) is -1.12. The fraction of sp³-hybridized carbons (Fsp3) is 0.0909. The number of aromatic nitrogens is 2. The van der Waals surface area contributed by atoms with Gasteiger partial charge >= 0.3 is 5.97 Å². The number of amides is 1. The third-order valence-electron chi connectivity index (χ3n) is 4.57. The number of esters is 1. The molecular weight excluding hydrogens is 448 g/mol. The van der Waals surface area contributed by atoms with E-state index in [1.54, 1.807) is 24.3 Å². The smallest absolute Gasteiger partial charge is 0.341 e. The highest BCUT2D eigenvalue weighted by Gasteiger charge is 2.22. The molecule has 0 saturated carbocycles. The molecule has 0 saturated heterocycles. The molecule has 11 heteroatoms. The number of nitrogens with one attached hydrogen (secondary N) is 2. The summed E-state index contributed by atoms with van der Waals surface area (Å²) in [7, 11) is -3.84. The van der Waals surface area contributed by atoms with Gasteiger partial charge in [-0.2, -0.15) is 0 Å². The SMILES string of the molecule is CC(OC(=O)c1cccc2ocnc12)C(=O)Nc1ccc(S(=O)(=O)Nc2ccccn2)cc1. The number of nitrogens with zero attached hydrogens (tertiary/aromatic N) is 2. The molecule has 0 aliphatic heterocycles. The maximum absolute atomic E-state index is 12.5. The van der Waals surface area contributed by atoms with Crippen molar-refractivity contribution in [3.63, 3.8) is 0 Å². The first kappa shape index (κ1) is 22.0. The van der Waals surface area contributed by atoms with E-state index in [1.165, 1.54) is 55.9 Å². The number of rotatable bonds is 7. The molecule has 168 valence electrons. The van der Waals surface area contributed by atoms with Crippen LogP contribution in [0.25, 0.3) is 11.1 Å². The van der Waals surface area contributed by atoms with Crippen LogP contribution in [0, 0.1) is 0 Å². The third-order valence-corrected chi connectivity index (χ3v) is 5.94. The first-order chi connectivity index (χ1) is 15.8. The number of hydrogen-bond acceptors (Lipinski definition) is 8. The average Bonchev–Trinajstić information content (AvgIpc) is 3.28. The van der Waals surface area contributed by atoms with Crippen LogP contribution in [0.4, 0.5) is 11.5 Å². The maximum atomic E-state index is 12.5. The van der Waals surface area contributed by atoms with E-state index in [-0.39, 0.29) is 16.3 Å². The van der Waals surface area contributed by atoms with Crippen LogP contribution in [0.1, 0.15) is 17.3 Å². The van der Waals surface area contributed by atoms with Crippen molar-refractivity contribution in [1.29, 1.82) is 0 Å². The van der Waals surface area contributed by atoms with E-state index in [9.17, 15) is 18.0 Å². The van der Waals surface area contributed by atoms with E-state index < -0.39 is 28.0 Å². The molecule has 0 fully saturated rings. The summed E-state index contributed by atoms with van der Waals surface area (Å²) < 4.78 is 37.7. The third kappa shape index (κ3) is 4.99. The summed E-state index contributed by atoms with van der Waals surface area (Å²) >= 11 is 0. The predicted octanol–water partition coefficient (Wildman–Crippen LogP) is 3.21. The Bertz CT molecular complexity index is 1400. The maximum Gasteiger partial charge on any atom is 0.341 e. The number of oxazole rings is 1. The predicted molar refractivity (Wildman–Crippen MR) is 119 cm³/mol. The van der Waals surface area contributed by atoms with Crippen LogP contribution < -0.4 is 10.0 Å². The second kappa shape index (κ2) is 9.09. The van der Waals surface area contributed by atoms with Gasteiger partial charge in [0.2, 0.25) is 0 Å². The molecule has 1 unspecified atom stereocenters. The summed E-state index contributed by atoms with van der Waals surface area (Å²) in [6, 6.07) is 15.2. The number of fused-ring (bicyclic) bond motifs is 1. The second-order valence-corrected chi connectivity index (χ2v) is 8.57. The van der Waals surface area contributed by atoms with Crippen LogP contribution in [-0.4, -0.2) is 36.4 Å². The molecule has 0 radical (unpaired) electrons. The second-order valence-electron chi connectivity index (χ2n) is 6.89. The number of benzene rings is 2. The van der Waals surface area contributed by atoms with Crippen molar-refractivity contribution in [2.24, 2.45) is 0 Å². The van der Waals surface area contributed by atoms with E-state index >= 15 is 0 Å². The van der Waals surface area contributed by atoms with Gasteiger partial charge in [-0.15, -0.1) is 0 Å². The van der Waals surface area contributed by atoms with E-state index in [4.69, 9.17) is 9.15 Å². The van der Waals surface area contributed by atoms with Crippen molar-refractivity contribution < 1.29 is 27.2 Å². The highest BCUT2D eigenvalue weighted by atomic mass is 32.2. The van der Waals surface area contributed by atoms with Gasteiger partial charge in [0.05, 0.1) is 10.5 Å². The lowest BCUT2D eigenvalue weighted by atomic mass is 10.2. The summed E-state index contributed by atoms with van der Waals surface area (Å²) in [5.41, 5.74) is 1.27. The molecule has 4 aromatic rings. The van der Waals surface area contributed by atoms with Crippen molar-refractivity contribution in [3.05, 3.63) is 78.8 Å². The molecule has 1 atom stereocenters. The van der Waals surface area contributed by atoms with E-state index in [1.807, 2.05) is 0 Å². The highest BCUT2D eigenvalue weighted by molar-refractivity contribution is 7.92. The summed E-state index contributed by atoms with van der Waals surface area (Å²) in [6.45, 7) is 1.42. The van der Waals surface area contributed by atoms with E-state index in [0.717, 1.165) is 0 Å². The molecule has 1 amide bonds. The molecule has 10 nitrogen and oxygen atoms in total. The Hall–Kier alpha value is -4.25. The zero-order valence-corrected chi connectivity index (χ0v) is 18.1. The first-order valence-corrected chi connectivity index (χ1v) is 11.2. The van der Waals surface area contributed by atoms with Crippen molar-refractivity contribution in [2.45, 2.75) is 17.9 Å². The van der Waals surface area contributed by atoms with Crippen LogP contribution in [0.3, 0.4) is 0 Å². The number of pyridine rings is 1. The van der Waals surface area contributed by atoms with E-state index in [2.05, 4.69) is 20.0 Å². The van der Waals surface area contributed by atoms with Gasteiger partial charge in [-0.25, -0.2) is 23.2 Å². The Morgan fingerprint density at radius 1 is 1.00 bits per heavy atom. The fourth-order valence-corrected chi connectivity index (χ4v) is 3.92. The number of carbonyl (C=O) groups excluding carboxylic acids is 2. The average molecular weight is 466 g/mol. The Labute approximate surface area is 188 Å². The number of carbonyl (C=O) groups is 2. The Balaban J connectivity index is 1.39. The van der Waals surface area contributed by atoms with Gasteiger partial charge in [-0.3, -0.25) is 9.52 Å². The van der Waals surface area contributed by atoms with Gasteiger partial charge in [0.1, 0.15) is 11.3 Å². The lowest BCUT2D eigenvalue weighted by molar-refractivity contribution is -0.123. The fourth-order valence-electron chi connectivity index (χ4n) is 2.91. The highest BCUT2D eigenvalue weighted by Crippen LogP contribution is 2.20.